The predicted octanol–water partition coefficient (Wildman–Crippen LogP) is 6.01. The van der Waals surface area contributed by atoms with Crippen molar-refractivity contribution in [3.8, 4) is 17.0 Å². The molecule has 11 heteroatoms. The van der Waals surface area contributed by atoms with E-state index in [1.165, 1.54) is 44.2 Å². The van der Waals surface area contributed by atoms with Crippen molar-refractivity contribution in [2.75, 3.05) is 20.3 Å². The van der Waals surface area contributed by atoms with Gasteiger partial charge in [0.2, 0.25) is 6.41 Å². The largest absolute Gasteiger partial charge is 0.493 e. The number of rotatable bonds is 8. The molecule has 0 radical (unpaired) electrons. The smallest absolute Gasteiger partial charge is 0.207 e. The highest BCUT2D eigenvalue weighted by atomic mass is 19.1. The lowest BCUT2D eigenvalue weighted by atomic mass is 9.86. The summed E-state index contributed by atoms with van der Waals surface area (Å²) in [4.78, 5) is 19.7. The third-order valence-electron chi connectivity index (χ3n) is 8.05. The van der Waals surface area contributed by atoms with Crippen LogP contribution in [0.2, 0.25) is 0 Å². The molecule has 1 aliphatic carbocycles. The van der Waals surface area contributed by atoms with Crippen molar-refractivity contribution in [1.82, 2.24) is 19.7 Å². The van der Waals surface area contributed by atoms with Crippen LogP contribution in [0.25, 0.3) is 16.9 Å². The van der Waals surface area contributed by atoms with E-state index in [0.717, 1.165) is 18.4 Å². The van der Waals surface area contributed by atoms with Crippen LogP contribution >= 0.6 is 0 Å². The van der Waals surface area contributed by atoms with E-state index < -0.39 is 28.5 Å². The minimum absolute atomic E-state index is 0.00859. The van der Waals surface area contributed by atoms with Crippen LogP contribution in [-0.4, -0.2) is 46.1 Å². The number of benzene rings is 1. The lowest BCUT2D eigenvalue weighted by Gasteiger charge is -2.37. The summed E-state index contributed by atoms with van der Waals surface area (Å²) < 4.78 is 55.6. The summed E-state index contributed by atoms with van der Waals surface area (Å²) in [7, 11) is 1.60. The van der Waals surface area contributed by atoms with Crippen LogP contribution in [0.15, 0.2) is 48.8 Å². The number of amides is 1. The summed E-state index contributed by atoms with van der Waals surface area (Å²) in [6.45, 7) is 5.62. The molecule has 1 unspecified atom stereocenters. The van der Waals surface area contributed by atoms with Crippen LogP contribution in [0.4, 0.5) is 13.2 Å². The number of fused-ring (bicyclic) bond motifs is 1. The molecule has 3 aromatic heterocycles. The maximum atomic E-state index is 15.2. The zero-order valence-electron chi connectivity index (χ0n) is 25.3. The van der Waals surface area contributed by atoms with Crippen molar-refractivity contribution in [3.63, 3.8) is 0 Å². The van der Waals surface area contributed by atoms with Crippen molar-refractivity contribution >= 4 is 12.1 Å². The van der Waals surface area contributed by atoms with Crippen molar-refractivity contribution in [1.29, 1.82) is 0 Å². The average molecular weight is 611 g/mol. The molecule has 1 atom stereocenters. The first kappa shape index (κ1) is 31.5. The highest BCUT2D eigenvalue weighted by molar-refractivity contribution is 5.62. The Morgan fingerprint density at radius 3 is 2.41 bits per heavy atom. The molecule has 4 aromatic rings. The van der Waals surface area contributed by atoms with E-state index in [0.29, 0.717) is 60.6 Å². The van der Waals surface area contributed by atoms with E-state index in [4.69, 9.17) is 9.47 Å². The van der Waals surface area contributed by atoms with Crippen LogP contribution in [0, 0.1) is 18.6 Å². The standard InChI is InChI=1S/C21H24F2N2O3.C12H13FN2O/c1-20(2,27)16-11-17(21(12-24-13-26)9-3-4-10-28-21)25-19(18(16)23)14-5-7-15(22)8-6-14;1-8-5-9(16-2)11-14-10(7-15(11)6-8)12(13)3-4-12/h5-8,11,13,27H,3-4,9-10,12H2,1-2H3,(H,24,26);5-7H,3-4H2,1-2H3. The normalized spacial score (nSPS) is 19.2. The fourth-order valence-electron chi connectivity index (χ4n) is 5.43. The molecule has 6 rings (SSSR count). The second-order valence-electron chi connectivity index (χ2n) is 12.0. The van der Waals surface area contributed by atoms with Crippen LogP contribution in [0.1, 0.15) is 68.5 Å². The predicted molar refractivity (Wildman–Crippen MR) is 159 cm³/mol. The molecule has 8 nitrogen and oxygen atoms in total. The van der Waals surface area contributed by atoms with Crippen LogP contribution < -0.4 is 10.1 Å². The highest BCUT2D eigenvalue weighted by Crippen LogP contribution is 2.49. The van der Waals surface area contributed by atoms with Gasteiger partial charge >= 0.3 is 0 Å². The van der Waals surface area contributed by atoms with Crippen molar-refractivity contribution in [3.05, 3.63) is 82.9 Å². The molecule has 0 spiro atoms. The second-order valence-corrected chi connectivity index (χ2v) is 12.0. The van der Waals surface area contributed by atoms with E-state index in [1.807, 2.05) is 23.6 Å². The highest BCUT2D eigenvalue weighted by Gasteiger charge is 2.47. The minimum atomic E-state index is -1.47. The number of methoxy groups -OCH3 is 1. The van der Waals surface area contributed by atoms with Gasteiger partial charge in [0.05, 0.1) is 30.6 Å². The number of alkyl halides is 1. The number of hydrogen-bond donors (Lipinski definition) is 2. The third-order valence-corrected chi connectivity index (χ3v) is 8.05. The van der Waals surface area contributed by atoms with Crippen molar-refractivity contribution in [2.24, 2.45) is 0 Å². The fourth-order valence-corrected chi connectivity index (χ4v) is 5.43. The Morgan fingerprint density at radius 1 is 1.09 bits per heavy atom. The van der Waals surface area contributed by atoms with Gasteiger partial charge in [-0.2, -0.15) is 0 Å². The first-order chi connectivity index (χ1) is 20.9. The molecule has 1 amide bonds. The fraction of sp³-hybridized carbons (Fsp3) is 0.424. The van der Waals surface area contributed by atoms with E-state index in [-0.39, 0.29) is 17.8 Å². The summed E-state index contributed by atoms with van der Waals surface area (Å²) in [5.74, 6) is -0.419. The Kier molecular flexibility index (Phi) is 8.73. The molecule has 2 N–H and O–H groups in total. The van der Waals surface area contributed by atoms with E-state index in [1.54, 1.807) is 13.3 Å². The van der Waals surface area contributed by atoms with E-state index in [2.05, 4.69) is 15.3 Å². The molecular weight excluding hydrogens is 573 g/mol. The number of aryl methyl sites for hydroxylation is 1. The number of nitrogens with one attached hydrogen (secondary N) is 1. The lowest BCUT2D eigenvalue weighted by molar-refractivity contribution is -0.115. The Labute approximate surface area is 254 Å². The van der Waals surface area contributed by atoms with Crippen LogP contribution in [0.5, 0.6) is 5.75 Å². The van der Waals surface area contributed by atoms with Gasteiger partial charge in [-0.05, 0) is 94.8 Å². The third kappa shape index (κ3) is 6.44. The number of nitrogens with zero attached hydrogens (tertiary/aromatic N) is 3. The van der Waals surface area contributed by atoms with Gasteiger partial charge in [-0.1, -0.05) is 0 Å². The quantitative estimate of drug-likeness (QED) is 0.238. The SMILES string of the molecule is CC(C)(O)c1cc(C2(CNC=O)CCCCO2)nc(-c2ccc(F)cc2)c1F.COc1cc(C)cn2cc(C3(F)CC3)nc12. The number of imidazole rings is 1. The number of carbonyl (C=O) groups excluding carboxylic acids is 1. The molecular formula is C33H37F3N4O4. The Morgan fingerprint density at radius 2 is 1.82 bits per heavy atom. The van der Waals surface area contributed by atoms with Crippen molar-refractivity contribution < 1.29 is 32.5 Å². The first-order valence-corrected chi connectivity index (χ1v) is 14.6. The summed E-state index contributed by atoms with van der Waals surface area (Å²) in [6.07, 6.45) is 7.78. The lowest BCUT2D eigenvalue weighted by Crippen LogP contribution is -2.43. The van der Waals surface area contributed by atoms with Gasteiger partial charge in [-0.25, -0.2) is 23.1 Å². The maximum absolute atomic E-state index is 15.2. The summed E-state index contributed by atoms with van der Waals surface area (Å²) in [5, 5.41) is 13.2. The number of ether oxygens (including phenoxy) is 2. The zero-order valence-corrected chi connectivity index (χ0v) is 25.3. The monoisotopic (exact) mass is 610 g/mol. The molecule has 2 fully saturated rings. The minimum Gasteiger partial charge on any atom is -0.493 e. The first-order valence-electron chi connectivity index (χ1n) is 14.6. The topological polar surface area (TPSA) is 98.0 Å². The summed E-state index contributed by atoms with van der Waals surface area (Å²) in [5.41, 5.74) is -0.400. The van der Waals surface area contributed by atoms with Gasteiger partial charge in [0.1, 0.15) is 17.1 Å². The molecule has 1 saturated heterocycles. The Balaban J connectivity index is 0.000000201. The molecule has 1 saturated carbocycles. The van der Waals surface area contributed by atoms with Crippen LogP contribution in [0.3, 0.4) is 0 Å². The average Bonchev–Trinajstić information content (AvgIpc) is 3.60. The number of pyridine rings is 2. The van der Waals surface area contributed by atoms with Crippen molar-refractivity contribution in [2.45, 2.75) is 69.7 Å². The van der Waals surface area contributed by atoms with Gasteiger partial charge in [0.25, 0.3) is 0 Å². The number of halogens is 3. The van der Waals surface area contributed by atoms with E-state index in [9.17, 15) is 18.7 Å². The molecule has 0 bridgehead atoms. The zero-order chi connectivity index (χ0) is 31.7. The molecule has 2 aliphatic rings. The number of hydrogen-bond acceptors (Lipinski definition) is 6. The number of aliphatic hydroxyl groups is 1. The maximum Gasteiger partial charge on any atom is 0.207 e. The van der Waals surface area contributed by atoms with E-state index >= 15 is 4.39 Å². The van der Waals surface area contributed by atoms with Gasteiger partial charge < -0.3 is 24.3 Å². The van der Waals surface area contributed by atoms with Gasteiger partial charge in [-0.3, -0.25) is 4.79 Å². The summed E-state index contributed by atoms with van der Waals surface area (Å²) >= 11 is 0. The Hall–Kier alpha value is -3.96. The van der Waals surface area contributed by atoms with Gasteiger partial charge in [0.15, 0.2) is 22.9 Å². The van der Waals surface area contributed by atoms with Gasteiger partial charge in [-0.15, -0.1) is 0 Å². The number of aromatic nitrogens is 3. The van der Waals surface area contributed by atoms with Gasteiger partial charge in [0, 0.05) is 30.1 Å². The molecule has 4 heterocycles. The summed E-state index contributed by atoms with van der Waals surface area (Å²) in [6, 6.07) is 8.75. The molecule has 1 aromatic carbocycles. The number of carbonyl (C=O) groups is 1. The second kappa shape index (κ2) is 12.2. The Bertz CT molecular complexity index is 1640. The van der Waals surface area contributed by atoms with Crippen LogP contribution in [-0.2, 0) is 26.4 Å². The molecule has 234 valence electrons. The molecule has 44 heavy (non-hydrogen) atoms. The molecule has 1 aliphatic heterocycles.